The standard InChI is InChI=1S/C32H55N2/c1-3-5-7-8-9-10-11-12-13-14-15-16-17-18-19-20-24-28-34-30-29-33(27-6-4-2)32(34)31-25-22-21-23-26-31/h21-23,25-26,29-30H,3-20,24,27-28H2,1-2H3/q+1. The van der Waals surface area contributed by atoms with Crippen LogP contribution in [0.2, 0.25) is 0 Å². The molecule has 1 aromatic heterocycles. The van der Waals surface area contributed by atoms with E-state index in [-0.39, 0.29) is 0 Å². The molecule has 0 atom stereocenters. The summed E-state index contributed by atoms with van der Waals surface area (Å²) in [6.07, 6.45) is 31.4. The molecule has 0 spiro atoms. The molecule has 1 heterocycles. The number of benzene rings is 1. The maximum absolute atomic E-state index is 2.48. The van der Waals surface area contributed by atoms with E-state index in [1.54, 1.807) is 0 Å². The topological polar surface area (TPSA) is 8.81 Å². The van der Waals surface area contributed by atoms with Crippen molar-refractivity contribution in [3.05, 3.63) is 42.7 Å². The monoisotopic (exact) mass is 467 g/mol. The molecule has 0 unspecified atom stereocenters. The van der Waals surface area contributed by atoms with E-state index >= 15 is 0 Å². The van der Waals surface area contributed by atoms with Gasteiger partial charge in [0.1, 0.15) is 12.4 Å². The molecular weight excluding hydrogens is 412 g/mol. The Balaban J connectivity index is 1.49. The van der Waals surface area contributed by atoms with E-state index in [4.69, 9.17) is 0 Å². The fourth-order valence-electron chi connectivity index (χ4n) is 5.08. The van der Waals surface area contributed by atoms with Gasteiger partial charge in [-0.3, -0.25) is 0 Å². The van der Waals surface area contributed by atoms with Crippen molar-refractivity contribution in [2.24, 2.45) is 0 Å². The van der Waals surface area contributed by atoms with E-state index in [1.165, 1.54) is 133 Å². The first-order valence-electron chi connectivity index (χ1n) is 15.0. The zero-order valence-corrected chi connectivity index (χ0v) is 22.8. The lowest BCUT2D eigenvalue weighted by atomic mass is 10.0. The number of unbranched alkanes of at least 4 members (excludes halogenated alkanes) is 17. The summed E-state index contributed by atoms with van der Waals surface area (Å²) < 4.78 is 4.93. The van der Waals surface area contributed by atoms with Gasteiger partial charge in [0.25, 0.3) is 5.82 Å². The molecule has 0 aliphatic heterocycles. The van der Waals surface area contributed by atoms with Crippen LogP contribution in [0.25, 0.3) is 11.4 Å². The van der Waals surface area contributed by atoms with Crippen molar-refractivity contribution in [3.8, 4) is 11.4 Å². The summed E-state index contributed by atoms with van der Waals surface area (Å²) in [7, 11) is 0. The van der Waals surface area contributed by atoms with Crippen molar-refractivity contribution in [1.82, 2.24) is 4.57 Å². The van der Waals surface area contributed by atoms with Gasteiger partial charge >= 0.3 is 0 Å². The largest absolute Gasteiger partial charge is 0.288 e. The number of aromatic nitrogens is 2. The van der Waals surface area contributed by atoms with Crippen molar-refractivity contribution < 1.29 is 4.57 Å². The van der Waals surface area contributed by atoms with Crippen LogP contribution in [0, 0.1) is 0 Å². The molecule has 0 aliphatic rings. The zero-order chi connectivity index (χ0) is 24.1. The van der Waals surface area contributed by atoms with Crippen LogP contribution in [0.1, 0.15) is 136 Å². The molecule has 0 fully saturated rings. The predicted molar refractivity (Wildman–Crippen MR) is 149 cm³/mol. The Morgan fingerprint density at radius 3 is 1.53 bits per heavy atom. The maximum atomic E-state index is 2.48. The average Bonchev–Trinajstić information content (AvgIpc) is 3.27. The summed E-state index contributed by atoms with van der Waals surface area (Å²) >= 11 is 0. The van der Waals surface area contributed by atoms with E-state index < -0.39 is 0 Å². The van der Waals surface area contributed by atoms with E-state index in [1.807, 2.05) is 0 Å². The highest BCUT2D eigenvalue weighted by Crippen LogP contribution is 2.18. The van der Waals surface area contributed by atoms with Gasteiger partial charge in [-0.1, -0.05) is 135 Å². The molecule has 2 aromatic rings. The lowest BCUT2D eigenvalue weighted by Gasteiger charge is -2.06. The first-order valence-corrected chi connectivity index (χ1v) is 15.0. The Bertz CT molecular complexity index is 703. The fourth-order valence-corrected chi connectivity index (χ4v) is 5.08. The summed E-state index contributed by atoms with van der Waals surface area (Å²) in [5, 5.41) is 0. The minimum atomic E-state index is 1.12. The molecule has 0 bridgehead atoms. The van der Waals surface area contributed by atoms with Crippen molar-refractivity contribution in [2.75, 3.05) is 0 Å². The molecule has 2 rings (SSSR count). The van der Waals surface area contributed by atoms with Crippen molar-refractivity contribution in [3.63, 3.8) is 0 Å². The highest BCUT2D eigenvalue weighted by Gasteiger charge is 2.18. The Labute approximate surface area is 212 Å². The van der Waals surface area contributed by atoms with Gasteiger partial charge in [0.2, 0.25) is 0 Å². The number of hydrogen-bond donors (Lipinski definition) is 0. The van der Waals surface area contributed by atoms with Crippen LogP contribution in [0.15, 0.2) is 42.7 Å². The number of nitrogens with zero attached hydrogens (tertiary/aromatic N) is 2. The molecule has 0 radical (unpaired) electrons. The normalized spacial score (nSPS) is 11.4. The summed E-state index contributed by atoms with van der Waals surface area (Å²) in [5.74, 6) is 1.38. The van der Waals surface area contributed by atoms with Gasteiger partial charge in [0.15, 0.2) is 0 Å². The van der Waals surface area contributed by atoms with Crippen molar-refractivity contribution in [1.29, 1.82) is 0 Å². The Kier molecular flexibility index (Phi) is 16.6. The fraction of sp³-hybridized carbons (Fsp3) is 0.719. The third kappa shape index (κ3) is 12.2. The highest BCUT2D eigenvalue weighted by molar-refractivity contribution is 5.52. The first kappa shape index (κ1) is 28.7. The van der Waals surface area contributed by atoms with E-state index in [9.17, 15) is 0 Å². The van der Waals surface area contributed by atoms with Crippen molar-refractivity contribution >= 4 is 0 Å². The van der Waals surface area contributed by atoms with Gasteiger partial charge in [0.05, 0.1) is 18.7 Å². The lowest BCUT2D eigenvalue weighted by Crippen LogP contribution is -2.34. The molecule has 0 amide bonds. The van der Waals surface area contributed by atoms with Crippen LogP contribution < -0.4 is 4.57 Å². The second-order valence-corrected chi connectivity index (χ2v) is 10.4. The van der Waals surface area contributed by atoms with E-state index in [0.29, 0.717) is 0 Å². The molecule has 2 heteroatoms. The van der Waals surface area contributed by atoms with Gasteiger partial charge in [0, 0.05) is 0 Å². The molecule has 1 aromatic carbocycles. The van der Waals surface area contributed by atoms with Crippen LogP contribution in [0.5, 0.6) is 0 Å². The first-order chi connectivity index (χ1) is 16.9. The molecular formula is C32H55N2+. The Hall–Kier alpha value is -1.57. The third-order valence-electron chi connectivity index (χ3n) is 7.26. The number of imidazole rings is 1. The molecule has 0 N–H and O–H groups in total. The molecule has 0 saturated heterocycles. The van der Waals surface area contributed by atoms with Crippen LogP contribution >= 0.6 is 0 Å². The van der Waals surface area contributed by atoms with Gasteiger partial charge < -0.3 is 0 Å². The number of hydrogen-bond acceptors (Lipinski definition) is 0. The molecule has 0 aliphatic carbocycles. The Morgan fingerprint density at radius 1 is 0.559 bits per heavy atom. The molecule has 0 saturated carbocycles. The zero-order valence-electron chi connectivity index (χ0n) is 22.8. The molecule has 34 heavy (non-hydrogen) atoms. The van der Waals surface area contributed by atoms with Crippen LogP contribution in [-0.2, 0) is 13.1 Å². The van der Waals surface area contributed by atoms with E-state index in [2.05, 4.69) is 65.7 Å². The quantitative estimate of drug-likeness (QED) is 0.120. The van der Waals surface area contributed by atoms with Gasteiger partial charge in [-0.05, 0) is 31.4 Å². The van der Waals surface area contributed by atoms with Crippen molar-refractivity contribution in [2.45, 2.75) is 149 Å². The summed E-state index contributed by atoms with van der Waals surface area (Å²) in [4.78, 5) is 0. The number of rotatable bonds is 22. The Morgan fingerprint density at radius 2 is 1.03 bits per heavy atom. The second-order valence-electron chi connectivity index (χ2n) is 10.4. The van der Waals surface area contributed by atoms with Gasteiger partial charge in [-0.25, -0.2) is 9.13 Å². The summed E-state index contributed by atoms with van der Waals surface area (Å²) in [5.41, 5.74) is 1.34. The van der Waals surface area contributed by atoms with Gasteiger partial charge in [-0.15, -0.1) is 0 Å². The van der Waals surface area contributed by atoms with E-state index in [0.717, 1.165) is 13.1 Å². The molecule has 192 valence electrons. The highest BCUT2D eigenvalue weighted by atomic mass is 15.1. The maximum Gasteiger partial charge on any atom is 0.288 e. The average molecular weight is 468 g/mol. The third-order valence-corrected chi connectivity index (χ3v) is 7.26. The summed E-state index contributed by atoms with van der Waals surface area (Å²) in [6.45, 7) is 6.83. The minimum absolute atomic E-state index is 1.12. The smallest absolute Gasteiger partial charge is 0.230 e. The molecule has 2 nitrogen and oxygen atoms in total. The SMILES string of the molecule is CCCCCCCCCCCCCCCCCCC[n+]1ccn(CCCC)c1-c1ccccc1. The minimum Gasteiger partial charge on any atom is -0.230 e. The summed E-state index contributed by atoms with van der Waals surface area (Å²) in [6, 6.07) is 10.9. The second kappa shape index (κ2) is 19.7. The lowest BCUT2D eigenvalue weighted by molar-refractivity contribution is -0.686. The van der Waals surface area contributed by atoms with Crippen LogP contribution in [-0.4, -0.2) is 4.57 Å². The van der Waals surface area contributed by atoms with Gasteiger partial charge in [-0.2, -0.15) is 0 Å². The van der Waals surface area contributed by atoms with Crippen LogP contribution in [0.3, 0.4) is 0 Å². The predicted octanol–water partition coefficient (Wildman–Crippen LogP) is 9.89. The van der Waals surface area contributed by atoms with Crippen LogP contribution in [0.4, 0.5) is 0 Å². The number of aryl methyl sites for hydroxylation is 2.